The number of amides is 1. The number of nitrogens with zero attached hydrogens (tertiary/aromatic N) is 3. The number of para-hydroxylation sites is 1. The van der Waals surface area contributed by atoms with Crippen molar-refractivity contribution in [2.45, 2.75) is 19.0 Å². The van der Waals surface area contributed by atoms with E-state index >= 15 is 0 Å². The monoisotopic (exact) mass is 354 g/mol. The lowest BCUT2D eigenvalue weighted by molar-refractivity contribution is -0.122. The minimum Gasteiger partial charge on any atom is -0.488 e. The average Bonchev–Trinajstić information content (AvgIpc) is 3.19. The number of hydrogen-bond acceptors (Lipinski definition) is 4. The summed E-state index contributed by atoms with van der Waals surface area (Å²) in [7, 11) is 0. The molecule has 1 heterocycles. The molecule has 0 radical (unpaired) electrons. The lowest BCUT2D eigenvalue weighted by Gasteiger charge is -2.20. The molecule has 0 aliphatic rings. The van der Waals surface area contributed by atoms with Crippen LogP contribution in [-0.4, -0.2) is 27.3 Å². The maximum Gasteiger partial charge on any atom is 0.222 e. The molecule has 1 N–H and O–H groups in total. The molecule has 0 aliphatic carbocycles. The second-order valence-electron chi connectivity index (χ2n) is 5.68. The van der Waals surface area contributed by atoms with E-state index in [1.54, 1.807) is 29.2 Å². The highest BCUT2D eigenvalue weighted by molar-refractivity contribution is 5.76. The van der Waals surface area contributed by atoms with E-state index in [0.29, 0.717) is 6.54 Å². The highest BCUT2D eigenvalue weighted by Gasteiger charge is 2.16. The summed E-state index contributed by atoms with van der Waals surface area (Å²) in [4.78, 5) is 16.1. The number of aromatic nitrogens is 3. The van der Waals surface area contributed by atoms with E-state index in [9.17, 15) is 9.18 Å². The summed E-state index contributed by atoms with van der Waals surface area (Å²) in [6.45, 7) is 0.557. The number of nitrogens with one attached hydrogen (secondary N) is 1. The Balaban J connectivity index is 1.63. The van der Waals surface area contributed by atoms with E-state index in [4.69, 9.17) is 4.74 Å². The van der Waals surface area contributed by atoms with Crippen LogP contribution < -0.4 is 10.1 Å². The molecule has 134 valence electrons. The van der Waals surface area contributed by atoms with Crippen LogP contribution in [0.25, 0.3) is 0 Å². The minimum absolute atomic E-state index is 0.125. The van der Waals surface area contributed by atoms with Crippen molar-refractivity contribution in [2.75, 3.05) is 6.61 Å². The minimum atomic E-state index is -0.433. The van der Waals surface area contributed by atoms with Crippen molar-refractivity contribution in [3.05, 3.63) is 78.6 Å². The summed E-state index contributed by atoms with van der Waals surface area (Å²) >= 11 is 0. The molecule has 3 rings (SSSR count). The Labute approximate surface area is 150 Å². The van der Waals surface area contributed by atoms with Crippen molar-refractivity contribution in [1.82, 2.24) is 20.1 Å². The zero-order valence-electron chi connectivity index (χ0n) is 14.1. The van der Waals surface area contributed by atoms with Gasteiger partial charge < -0.3 is 10.1 Å². The van der Waals surface area contributed by atoms with E-state index in [-0.39, 0.29) is 30.7 Å². The Morgan fingerprint density at radius 2 is 1.92 bits per heavy atom. The molecular weight excluding hydrogens is 335 g/mol. The summed E-state index contributed by atoms with van der Waals surface area (Å²) in [5.41, 5.74) is 0.887. The topological polar surface area (TPSA) is 69.0 Å². The van der Waals surface area contributed by atoms with E-state index in [1.165, 1.54) is 12.4 Å². The van der Waals surface area contributed by atoms with Gasteiger partial charge in [0.25, 0.3) is 0 Å². The third-order valence-electron chi connectivity index (χ3n) is 3.81. The highest BCUT2D eigenvalue weighted by Crippen LogP contribution is 2.19. The largest absolute Gasteiger partial charge is 0.488 e. The number of halogens is 1. The normalized spacial score (nSPS) is 11.7. The molecule has 0 saturated heterocycles. The number of aryl methyl sites for hydroxylation is 1. The molecule has 0 bridgehead atoms. The molecule has 1 atom stereocenters. The lowest BCUT2D eigenvalue weighted by atomic mass is 10.1. The van der Waals surface area contributed by atoms with Crippen LogP contribution in [0.15, 0.2) is 67.3 Å². The van der Waals surface area contributed by atoms with Crippen LogP contribution >= 0.6 is 0 Å². The first-order valence-corrected chi connectivity index (χ1v) is 8.26. The SMILES string of the molecule is O=C(CCn1cncn1)NC(COc1ccccc1F)c1ccccc1. The fourth-order valence-corrected chi connectivity index (χ4v) is 2.47. The van der Waals surface area contributed by atoms with Crippen molar-refractivity contribution in [3.8, 4) is 5.75 Å². The fourth-order valence-electron chi connectivity index (χ4n) is 2.47. The maximum absolute atomic E-state index is 13.8. The van der Waals surface area contributed by atoms with Gasteiger partial charge in [0.05, 0.1) is 12.6 Å². The van der Waals surface area contributed by atoms with Crippen LogP contribution in [0.3, 0.4) is 0 Å². The number of carbonyl (C=O) groups excluding carboxylic acids is 1. The van der Waals surface area contributed by atoms with Gasteiger partial charge in [-0.05, 0) is 17.7 Å². The van der Waals surface area contributed by atoms with Crippen molar-refractivity contribution >= 4 is 5.91 Å². The number of carbonyl (C=O) groups is 1. The predicted molar refractivity (Wildman–Crippen MR) is 93.9 cm³/mol. The molecule has 0 aliphatic heterocycles. The zero-order valence-corrected chi connectivity index (χ0v) is 14.1. The molecule has 3 aromatic rings. The molecule has 26 heavy (non-hydrogen) atoms. The third-order valence-corrected chi connectivity index (χ3v) is 3.81. The Morgan fingerprint density at radius 1 is 1.15 bits per heavy atom. The van der Waals surface area contributed by atoms with Gasteiger partial charge in [-0.25, -0.2) is 9.37 Å². The Bertz CT molecular complexity index is 825. The highest BCUT2D eigenvalue weighted by atomic mass is 19.1. The Hall–Kier alpha value is -3.22. The van der Waals surface area contributed by atoms with Crippen LogP contribution in [0.2, 0.25) is 0 Å². The Kier molecular flexibility index (Phi) is 5.92. The van der Waals surface area contributed by atoms with Crippen LogP contribution in [0, 0.1) is 5.82 Å². The fraction of sp³-hybridized carbons (Fsp3) is 0.211. The van der Waals surface area contributed by atoms with Crippen molar-refractivity contribution < 1.29 is 13.9 Å². The van der Waals surface area contributed by atoms with Crippen molar-refractivity contribution in [1.29, 1.82) is 0 Å². The number of hydrogen-bond donors (Lipinski definition) is 1. The molecule has 0 fully saturated rings. The van der Waals surface area contributed by atoms with Gasteiger partial charge in [-0.15, -0.1) is 0 Å². The van der Waals surface area contributed by atoms with E-state index in [0.717, 1.165) is 5.56 Å². The molecule has 2 aromatic carbocycles. The quantitative estimate of drug-likeness (QED) is 0.675. The predicted octanol–water partition coefficient (Wildman–Crippen LogP) is 2.74. The van der Waals surface area contributed by atoms with Gasteiger partial charge in [0, 0.05) is 6.42 Å². The molecule has 6 nitrogen and oxygen atoms in total. The van der Waals surface area contributed by atoms with E-state index < -0.39 is 5.82 Å². The zero-order chi connectivity index (χ0) is 18.2. The molecule has 7 heteroatoms. The van der Waals surface area contributed by atoms with Gasteiger partial charge in [-0.1, -0.05) is 42.5 Å². The summed E-state index contributed by atoms with van der Waals surface area (Å²) in [6, 6.07) is 15.3. The maximum atomic E-state index is 13.8. The van der Waals surface area contributed by atoms with E-state index in [2.05, 4.69) is 15.4 Å². The third kappa shape index (κ3) is 4.89. The summed E-state index contributed by atoms with van der Waals surface area (Å²) in [5, 5.41) is 6.91. The van der Waals surface area contributed by atoms with E-state index in [1.807, 2.05) is 30.3 Å². The van der Waals surface area contributed by atoms with Crippen molar-refractivity contribution in [2.24, 2.45) is 0 Å². The molecular formula is C19H19FN4O2. The first-order valence-electron chi connectivity index (χ1n) is 8.26. The van der Waals surface area contributed by atoms with Crippen LogP contribution in [0.4, 0.5) is 4.39 Å². The van der Waals surface area contributed by atoms with Gasteiger partial charge in [-0.2, -0.15) is 5.10 Å². The smallest absolute Gasteiger partial charge is 0.222 e. The second kappa shape index (κ2) is 8.75. The molecule has 0 saturated carbocycles. The number of benzene rings is 2. The molecule has 0 spiro atoms. The van der Waals surface area contributed by atoms with Gasteiger partial charge in [0.1, 0.15) is 19.3 Å². The van der Waals surface area contributed by atoms with Crippen molar-refractivity contribution in [3.63, 3.8) is 0 Å². The summed E-state index contributed by atoms with van der Waals surface area (Å²) < 4.78 is 20.9. The van der Waals surface area contributed by atoms with Crippen LogP contribution in [0.5, 0.6) is 5.75 Å². The van der Waals surface area contributed by atoms with Crippen LogP contribution in [0.1, 0.15) is 18.0 Å². The van der Waals surface area contributed by atoms with Gasteiger partial charge >= 0.3 is 0 Å². The molecule has 1 unspecified atom stereocenters. The van der Waals surface area contributed by atoms with Gasteiger partial charge in [0.2, 0.25) is 5.91 Å². The standard InChI is InChI=1S/C19H19FN4O2/c20-16-8-4-5-9-18(16)26-12-17(15-6-2-1-3-7-15)23-19(25)10-11-24-14-21-13-22-24/h1-9,13-14,17H,10-12H2,(H,23,25). The first-order chi connectivity index (χ1) is 12.7. The number of ether oxygens (including phenoxy) is 1. The second-order valence-corrected chi connectivity index (χ2v) is 5.68. The van der Waals surface area contributed by atoms with Gasteiger partial charge in [0.15, 0.2) is 11.6 Å². The summed E-state index contributed by atoms with van der Waals surface area (Å²) in [6.07, 6.45) is 3.24. The summed E-state index contributed by atoms with van der Waals surface area (Å²) in [5.74, 6) is -0.423. The Morgan fingerprint density at radius 3 is 2.65 bits per heavy atom. The molecule has 1 aromatic heterocycles. The van der Waals surface area contributed by atoms with Gasteiger partial charge in [-0.3, -0.25) is 9.48 Å². The molecule has 1 amide bonds. The average molecular weight is 354 g/mol. The lowest BCUT2D eigenvalue weighted by Crippen LogP contribution is -2.33. The van der Waals surface area contributed by atoms with Crippen LogP contribution in [-0.2, 0) is 11.3 Å². The first kappa shape index (κ1) is 17.6. The number of rotatable bonds is 8.